The SMILES string of the molecule is C=NCOC(OCN=C)(OCN=C)OCN=C. The molecule has 0 aliphatic heterocycles. The van der Waals surface area contributed by atoms with E-state index in [-0.39, 0.29) is 26.9 Å². The summed E-state index contributed by atoms with van der Waals surface area (Å²) in [6.45, 7) is 12.6. The third kappa shape index (κ3) is 6.64. The van der Waals surface area contributed by atoms with E-state index < -0.39 is 6.16 Å². The molecule has 96 valence electrons. The monoisotopic (exact) mass is 244 g/mol. The topological polar surface area (TPSA) is 86.4 Å². The highest BCUT2D eigenvalue weighted by Gasteiger charge is 2.36. The maximum absolute atomic E-state index is 5.13. The number of aliphatic imine (C=N–C) groups is 4. The van der Waals surface area contributed by atoms with Gasteiger partial charge in [0.15, 0.2) is 0 Å². The van der Waals surface area contributed by atoms with Crippen LogP contribution < -0.4 is 0 Å². The van der Waals surface area contributed by atoms with E-state index >= 15 is 0 Å². The van der Waals surface area contributed by atoms with Gasteiger partial charge in [-0.25, -0.2) is 0 Å². The Labute approximate surface area is 99.7 Å². The minimum absolute atomic E-state index is 0.106. The molecule has 0 fully saturated rings. The first-order chi connectivity index (χ1) is 8.24. The van der Waals surface area contributed by atoms with Crippen molar-refractivity contribution >= 4 is 26.9 Å². The number of hydrogen-bond donors (Lipinski definition) is 0. The van der Waals surface area contributed by atoms with E-state index in [0.717, 1.165) is 0 Å². The van der Waals surface area contributed by atoms with Crippen LogP contribution in [0, 0.1) is 0 Å². The van der Waals surface area contributed by atoms with Crippen molar-refractivity contribution in [3.8, 4) is 0 Å². The van der Waals surface area contributed by atoms with Gasteiger partial charge in [-0.05, 0) is 26.9 Å². The van der Waals surface area contributed by atoms with Gasteiger partial charge in [-0.3, -0.25) is 38.9 Å². The van der Waals surface area contributed by atoms with Crippen molar-refractivity contribution in [1.82, 2.24) is 0 Å². The lowest BCUT2D eigenvalue weighted by Crippen LogP contribution is -2.42. The van der Waals surface area contributed by atoms with E-state index in [4.69, 9.17) is 18.9 Å². The first kappa shape index (κ1) is 15.5. The van der Waals surface area contributed by atoms with Crippen LogP contribution in [-0.2, 0) is 18.9 Å². The maximum atomic E-state index is 5.13. The van der Waals surface area contributed by atoms with Crippen LogP contribution in [0.3, 0.4) is 0 Å². The fraction of sp³-hybridized carbons (Fsp3) is 0.556. The van der Waals surface area contributed by atoms with Crippen LogP contribution in [0.5, 0.6) is 0 Å². The molecule has 0 saturated heterocycles. The summed E-state index contributed by atoms with van der Waals surface area (Å²) in [5, 5.41) is 0. The van der Waals surface area contributed by atoms with E-state index in [1.165, 1.54) is 0 Å². The van der Waals surface area contributed by atoms with Gasteiger partial charge in [-0.2, -0.15) is 0 Å². The summed E-state index contributed by atoms with van der Waals surface area (Å²) in [6, 6.07) is 0. The Hall–Kier alpha value is -1.48. The fourth-order valence-electron chi connectivity index (χ4n) is 0.749. The van der Waals surface area contributed by atoms with Crippen LogP contribution in [0.4, 0.5) is 0 Å². The van der Waals surface area contributed by atoms with E-state index in [0.29, 0.717) is 0 Å². The van der Waals surface area contributed by atoms with Gasteiger partial charge in [0, 0.05) is 0 Å². The van der Waals surface area contributed by atoms with E-state index in [9.17, 15) is 0 Å². The van der Waals surface area contributed by atoms with Crippen molar-refractivity contribution in [3.05, 3.63) is 0 Å². The Balaban J connectivity index is 4.59. The second-order valence-electron chi connectivity index (χ2n) is 2.49. The molecule has 0 bridgehead atoms. The van der Waals surface area contributed by atoms with Crippen LogP contribution in [0.2, 0.25) is 0 Å². The van der Waals surface area contributed by atoms with Crippen LogP contribution in [0.25, 0.3) is 0 Å². The van der Waals surface area contributed by atoms with Crippen molar-refractivity contribution in [2.75, 3.05) is 26.9 Å². The highest BCUT2D eigenvalue weighted by Crippen LogP contribution is 2.18. The molecule has 17 heavy (non-hydrogen) atoms. The fourth-order valence-corrected chi connectivity index (χ4v) is 0.749. The lowest BCUT2D eigenvalue weighted by molar-refractivity contribution is -0.497. The van der Waals surface area contributed by atoms with Crippen molar-refractivity contribution in [2.45, 2.75) is 6.16 Å². The summed E-state index contributed by atoms with van der Waals surface area (Å²) in [6.07, 6.45) is -1.83. The van der Waals surface area contributed by atoms with Gasteiger partial charge >= 0.3 is 6.16 Å². The van der Waals surface area contributed by atoms with Gasteiger partial charge in [0.1, 0.15) is 26.9 Å². The molecule has 0 aliphatic rings. The third-order valence-corrected chi connectivity index (χ3v) is 1.33. The predicted octanol–water partition coefficient (Wildman–Crippen LogP) is 0.296. The molecule has 8 nitrogen and oxygen atoms in total. The van der Waals surface area contributed by atoms with E-state index in [2.05, 4.69) is 46.8 Å². The number of ether oxygens (including phenoxy) is 4. The molecule has 0 spiro atoms. The summed E-state index contributed by atoms with van der Waals surface area (Å²) in [5.74, 6) is 0. The summed E-state index contributed by atoms with van der Waals surface area (Å²) in [5.41, 5.74) is 0. The predicted molar refractivity (Wildman–Crippen MR) is 64.7 cm³/mol. The zero-order valence-corrected chi connectivity index (χ0v) is 9.58. The summed E-state index contributed by atoms with van der Waals surface area (Å²) >= 11 is 0. The standard InChI is InChI=1S/C9H16N4O4/c1-10-5-14-9(15-6-11-2,16-7-12-3)17-8-13-4/h1-8H2. The van der Waals surface area contributed by atoms with Crippen molar-refractivity contribution in [1.29, 1.82) is 0 Å². The Bertz CT molecular complexity index is 206. The van der Waals surface area contributed by atoms with Gasteiger partial charge in [0.05, 0.1) is 0 Å². The molecule has 0 aromatic rings. The molecule has 0 aromatic carbocycles. The molecule has 0 N–H and O–H groups in total. The minimum atomic E-state index is -1.83. The van der Waals surface area contributed by atoms with Crippen LogP contribution in [0.15, 0.2) is 20.0 Å². The summed E-state index contributed by atoms with van der Waals surface area (Å²) in [7, 11) is 0. The highest BCUT2D eigenvalue weighted by atomic mass is 17.0. The second-order valence-corrected chi connectivity index (χ2v) is 2.49. The first-order valence-electron chi connectivity index (χ1n) is 4.50. The van der Waals surface area contributed by atoms with Crippen molar-refractivity contribution in [3.63, 3.8) is 0 Å². The molecule has 0 unspecified atom stereocenters. The zero-order valence-electron chi connectivity index (χ0n) is 9.58. The normalized spacial score (nSPS) is 10.8. The Morgan fingerprint density at radius 2 is 0.824 bits per heavy atom. The third-order valence-electron chi connectivity index (χ3n) is 1.33. The number of nitrogens with zero attached hydrogens (tertiary/aromatic N) is 4. The maximum Gasteiger partial charge on any atom is 0.419 e. The van der Waals surface area contributed by atoms with Gasteiger partial charge in [-0.15, -0.1) is 0 Å². The van der Waals surface area contributed by atoms with Gasteiger partial charge in [-0.1, -0.05) is 0 Å². The summed E-state index contributed by atoms with van der Waals surface area (Å²) in [4.78, 5) is 14.0. The Kier molecular flexibility index (Phi) is 8.88. The Morgan fingerprint density at radius 1 is 0.588 bits per heavy atom. The molecule has 8 heteroatoms. The molecule has 0 amide bonds. The average Bonchev–Trinajstić information content (AvgIpc) is 2.37. The lowest BCUT2D eigenvalue weighted by atomic mass is 10.9. The quantitative estimate of drug-likeness (QED) is 0.365. The van der Waals surface area contributed by atoms with Gasteiger partial charge in [0.2, 0.25) is 0 Å². The van der Waals surface area contributed by atoms with Gasteiger partial charge < -0.3 is 0 Å². The highest BCUT2D eigenvalue weighted by molar-refractivity contribution is 5.23. The van der Waals surface area contributed by atoms with E-state index in [1.807, 2.05) is 0 Å². The van der Waals surface area contributed by atoms with Gasteiger partial charge in [0.25, 0.3) is 0 Å². The molecule has 0 aromatic heterocycles. The molecule has 0 rings (SSSR count). The molecule has 0 saturated carbocycles. The molecular formula is C9H16N4O4. The molecule has 0 aliphatic carbocycles. The van der Waals surface area contributed by atoms with E-state index in [1.54, 1.807) is 0 Å². The smallest absolute Gasteiger partial charge is 0.280 e. The average molecular weight is 244 g/mol. The molecule has 0 atom stereocenters. The minimum Gasteiger partial charge on any atom is -0.280 e. The first-order valence-corrected chi connectivity index (χ1v) is 4.50. The van der Waals surface area contributed by atoms with Crippen molar-refractivity contribution in [2.24, 2.45) is 20.0 Å². The van der Waals surface area contributed by atoms with Crippen LogP contribution >= 0.6 is 0 Å². The molecule has 0 heterocycles. The lowest BCUT2D eigenvalue weighted by Gasteiger charge is -2.29. The van der Waals surface area contributed by atoms with Crippen LogP contribution in [0.1, 0.15) is 0 Å². The van der Waals surface area contributed by atoms with Crippen molar-refractivity contribution < 1.29 is 18.9 Å². The second kappa shape index (κ2) is 9.73. The molecule has 0 radical (unpaired) electrons. The zero-order chi connectivity index (χ0) is 13.0. The largest absolute Gasteiger partial charge is 0.419 e. The summed E-state index contributed by atoms with van der Waals surface area (Å²) < 4.78 is 20.5. The number of rotatable bonds is 12. The van der Waals surface area contributed by atoms with Crippen LogP contribution in [-0.4, -0.2) is 60.0 Å². The Morgan fingerprint density at radius 3 is 1.00 bits per heavy atom. The number of hydrogen-bond acceptors (Lipinski definition) is 8. The molecular weight excluding hydrogens is 228 g/mol.